The minimum absolute atomic E-state index is 0.0341. The van der Waals surface area contributed by atoms with Crippen LogP contribution in [-0.4, -0.2) is 52.0 Å². The van der Waals surface area contributed by atoms with Crippen LogP contribution in [0.15, 0.2) is 51.7 Å². The molecule has 0 aliphatic carbocycles. The molecule has 0 N–H and O–H groups in total. The Morgan fingerprint density at radius 3 is 2.69 bits per heavy atom. The van der Waals surface area contributed by atoms with Gasteiger partial charge in [0, 0.05) is 37.8 Å². The maximum absolute atomic E-state index is 13.0. The fourth-order valence-corrected chi connectivity index (χ4v) is 4.11. The largest absolute Gasteiger partial charge is 0.416 e. The molecule has 6 nitrogen and oxygen atoms in total. The van der Waals surface area contributed by atoms with Crippen LogP contribution in [-0.2, 0) is 11.0 Å². The van der Waals surface area contributed by atoms with Crippen molar-refractivity contribution in [3.05, 3.63) is 64.2 Å². The highest BCUT2D eigenvalue weighted by Crippen LogP contribution is 2.32. The number of alkyl halides is 3. The zero-order valence-corrected chi connectivity index (χ0v) is 18.1. The lowest BCUT2D eigenvalue weighted by Crippen LogP contribution is -2.48. The summed E-state index contributed by atoms with van der Waals surface area (Å²) < 4.78 is 44.2. The monoisotopic (exact) mass is 462 g/mol. The molecule has 1 amide bonds. The van der Waals surface area contributed by atoms with E-state index in [0.29, 0.717) is 32.1 Å². The molecule has 1 aromatic carbocycles. The van der Waals surface area contributed by atoms with E-state index < -0.39 is 11.7 Å². The van der Waals surface area contributed by atoms with Gasteiger partial charge in [0.15, 0.2) is 0 Å². The molecule has 0 saturated carbocycles. The molecular weight excluding hydrogens is 441 g/mol. The fourth-order valence-electron chi connectivity index (χ4n) is 3.49. The molecule has 1 fully saturated rings. The molecule has 1 saturated heterocycles. The van der Waals surface area contributed by atoms with Crippen LogP contribution in [0.5, 0.6) is 0 Å². The molecule has 0 radical (unpaired) electrons. The van der Waals surface area contributed by atoms with Gasteiger partial charge in [0.25, 0.3) is 0 Å². The second-order valence-electron chi connectivity index (χ2n) is 7.46. The maximum atomic E-state index is 13.0. The number of aromatic nitrogens is 2. The van der Waals surface area contributed by atoms with E-state index in [-0.39, 0.29) is 23.3 Å². The fraction of sp³-hybridized carbons (Fsp3) is 0.318. The van der Waals surface area contributed by atoms with Crippen LogP contribution >= 0.6 is 11.3 Å². The van der Waals surface area contributed by atoms with E-state index >= 15 is 0 Å². The van der Waals surface area contributed by atoms with Gasteiger partial charge in [-0.15, -0.1) is 0 Å². The van der Waals surface area contributed by atoms with Gasteiger partial charge < -0.3 is 9.42 Å². The van der Waals surface area contributed by atoms with Crippen LogP contribution in [0.1, 0.15) is 30.0 Å². The molecule has 1 atom stereocenters. The first kappa shape index (κ1) is 22.2. The van der Waals surface area contributed by atoms with Gasteiger partial charge in [0.2, 0.25) is 17.6 Å². The summed E-state index contributed by atoms with van der Waals surface area (Å²) >= 11 is 1.58. The number of benzene rings is 1. The number of thiophene rings is 1. The highest BCUT2D eigenvalue weighted by atomic mass is 32.1. The summed E-state index contributed by atoms with van der Waals surface area (Å²) in [5.41, 5.74) is 0.488. The quantitative estimate of drug-likeness (QED) is 0.513. The van der Waals surface area contributed by atoms with Crippen LogP contribution in [0.2, 0.25) is 0 Å². The number of hydrogen-bond donors (Lipinski definition) is 0. The van der Waals surface area contributed by atoms with Gasteiger partial charge >= 0.3 is 6.18 Å². The molecule has 1 aliphatic rings. The molecule has 168 valence electrons. The summed E-state index contributed by atoms with van der Waals surface area (Å²) in [4.78, 5) is 20.6. The lowest BCUT2D eigenvalue weighted by molar-refractivity contribution is -0.137. The first-order valence-corrected chi connectivity index (χ1v) is 11.0. The van der Waals surface area contributed by atoms with Crippen LogP contribution < -0.4 is 0 Å². The molecule has 4 rings (SSSR count). The Labute approximate surface area is 187 Å². The van der Waals surface area contributed by atoms with Crippen molar-refractivity contribution >= 4 is 23.3 Å². The molecule has 0 spiro atoms. The summed E-state index contributed by atoms with van der Waals surface area (Å²) in [5, 5.41) is 7.80. The normalized spacial score (nSPS) is 16.6. The molecule has 32 heavy (non-hydrogen) atoms. The van der Waals surface area contributed by atoms with E-state index in [9.17, 15) is 18.0 Å². The highest BCUT2D eigenvalue weighted by molar-refractivity contribution is 7.08. The van der Waals surface area contributed by atoms with Crippen LogP contribution in [0, 0.1) is 0 Å². The lowest BCUT2D eigenvalue weighted by atomic mass is 10.1. The summed E-state index contributed by atoms with van der Waals surface area (Å²) in [5.74, 6) is 0.410. The van der Waals surface area contributed by atoms with E-state index in [4.69, 9.17) is 4.52 Å². The first-order valence-electron chi connectivity index (χ1n) is 10.1. The number of carbonyl (C=O) groups excluding carboxylic acids is 1. The number of carbonyl (C=O) groups is 1. The third-order valence-corrected chi connectivity index (χ3v) is 6.08. The Hall–Kier alpha value is -2.98. The van der Waals surface area contributed by atoms with Gasteiger partial charge in [-0.25, -0.2) is 0 Å². The van der Waals surface area contributed by atoms with Crippen LogP contribution in [0.4, 0.5) is 13.2 Å². The average molecular weight is 462 g/mol. The molecule has 3 aromatic rings. The molecular formula is C22H21F3N4O2S. The number of hydrogen-bond acceptors (Lipinski definition) is 6. The Balaban J connectivity index is 1.36. The van der Waals surface area contributed by atoms with Crippen molar-refractivity contribution in [2.75, 3.05) is 26.2 Å². The topological polar surface area (TPSA) is 62.5 Å². The van der Waals surface area contributed by atoms with E-state index in [1.54, 1.807) is 22.3 Å². The van der Waals surface area contributed by atoms with Gasteiger partial charge in [0.1, 0.15) is 0 Å². The predicted octanol–water partition coefficient (Wildman–Crippen LogP) is 4.74. The number of rotatable bonds is 5. The first-order chi connectivity index (χ1) is 15.3. The second kappa shape index (κ2) is 9.25. The minimum atomic E-state index is -4.44. The highest BCUT2D eigenvalue weighted by Gasteiger charge is 2.31. The van der Waals surface area contributed by atoms with Gasteiger partial charge in [-0.05, 0) is 47.5 Å². The molecule has 10 heteroatoms. The molecule has 2 aromatic heterocycles. The zero-order valence-electron chi connectivity index (χ0n) is 17.2. The summed E-state index contributed by atoms with van der Waals surface area (Å²) in [6.45, 7) is 4.27. The summed E-state index contributed by atoms with van der Waals surface area (Å²) in [6, 6.07) is 6.58. The Morgan fingerprint density at radius 2 is 2.00 bits per heavy atom. The van der Waals surface area contributed by atoms with E-state index in [1.165, 1.54) is 12.1 Å². The molecule has 3 heterocycles. The minimum Gasteiger partial charge on any atom is -0.337 e. The van der Waals surface area contributed by atoms with Crippen LogP contribution in [0.3, 0.4) is 0 Å². The van der Waals surface area contributed by atoms with Crippen LogP contribution in [0.25, 0.3) is 17.5 Å². The van der Waals surface area contributed by atoms with Crippen molar-refractivity contribution in [1.82, 2.24) is 19.9 Å². The number of nitrogens with zero attached hydrogens (tertiary/aromatic N) is 4. The van der Waals surface area contributed by atoms with Gasteiger partial charge in [-0.2, -0.15) is 29.5 Å². The van der Waals surface area contributed by atoms with Crippen molar-refractivity contribution in [3.8, 4) is 11.4 Å². The SMILES string of the molecule is CC(c1nc(-c2cccc(C(F)(F)F)c2)no1)N1CCN(C(=O)/C=C/c2ccsc2)CC1. The predicted molar refractivity (Wildman–Crippen MR) is 115 cm³/mol. The summed E-state index contributed by atoms with van der Waals surface area (Å²) in [7, 11) is 0. The van der Waals surface area contributed by atoms with Crippen molar-refractivity contribution in [2.24, 2.45) is 0 Å². The zero-order chi connectivity index (χ0) is 22.7. The van der Waals surface area contributed by atoms with E-state index in [1.807, 2.05) is 29.8 Å². The lowest BCUT2D eigenvalue weighted by Gasteiger charge is -2.36. The smallest absolute Gasteiger partial charge is 0.337 e. The second-order valence-corrected chi connectivity index (χ2v) is 8.24. The third-order valence-electron chi connectivity index (χ3n) is 5.38. The van der Waals surface area contributed by atoms with Crippen molar-refractivity contribution in [3.63, 3.8) is 0 Å². The third kappa shape index (κ3) is 5.08. The molecule has 1 aliphatic heterocycles. The van der Waals surface area contributed by atoms with Crippen molar-refractivity contribution < 1.29 is 22.5 Å². The Morgan fingerprint density at radius 1 is 1.22 bits per heavy atom. The van der Waals surface area contributed by atoms with E-state index in [2.05, 4.69) is 15.0 Å². The van der Waals surface area contributed by atoms with Crippen molar-refractivity contribution in [2.45, 2.75) is 19.1 Å². The molecule has 0 bridgehead atoms. The van der Waals surface area contributed by atoms with Crippen molar-refractivity contribution in [1.29, 1.82) is 0 Å². The number of amides is 1. The Bertz CT molecular complexity index is 1090. The standard InChI is InChI=1S/C22H21F3N4O2S/c1-15(21-26-20(27-31-21)17-3-2-4-18(13-17)22(23,24)25)28-8-10-29(11-9-28)19(30)6-5-16-7-12-32-14-16/h2-7,12-15H,8-11H2,1H3/b6-5+. The number of piperazine rings is 1. The summed E-state index contributed by atoms with van der Waals surface area (Å²) in [6.07, 6.45) is -1.05. The van der Waals surface area contributed by atoms with E-state index in [0.717, 1.165) is 17.7 Å². The molecule has 1 unspecified atom stereocenters. The van der Waals surface area contributed by atoms with Gasteiger partial charge in [-0.1, -0.05) is 17.3 Å². The van der Waals surface area contributed by atoms with Gasteiger partial charge in [-0.3, -0.25) is 9.69 Å². The van der Waals surface area contributed by atoms with Gasteiger partial charge in [0.05, 0.1) is 11.6 Å². The average Bonchev–Trinajstić information content (AvgIpc) is 3.49. The number of halogens is 3. The Kier molecular flexibility index (Phi) is 6.43. The maximum Gasteiger partial charge on any atom is 0.416 e.